The van der Waals surface area contributed by atoms with Crippen LogP contribution >= 0.6 is 0 Å². The molecule has 0 amide bonds. The highest BCUT2D eigenvalue weighted by atomic mass is 16.7. The summed E-state index contributed by atoms with van der Waals surface area (Å²) in [4.78, 5) is 24.2. The first-order valence-corrected chi connectivity index (χ1v) is 12.2. The molecule has 8 heteroatoms. The monoisotopic (exact) mass is 470 g/mol. The maximum atomic E-state index is 12.7. The molecule has 1 heterocycles. The maximum absolute atomic E-state index is 12.7. The number of carboxylic acids is 1. The lowest BCUT2D eigenvalue weighted by Gasteiger charge is -2.60. The SMILES string of the molecule is [2H]C1([2H])C[C@]2(C)[C@H]3CC[C@]4(C)C(=O)CC[C@H]4[C@@H]3CC[C@H]2C([2H])([2H])[C@@H]1O[C@@H]1O[C@H](C(=O)O)[C@@H](O)[C@H](O)[C@H]1O. The van der Waals surface area contributed by atoms with Gasteiger partial charge in [-0.15, -0.1) is 0 Å². The van der Waals surface area contributed by atoms with Crippen LogP contribution in [0.4, 0.5) is 0 Å². The zero-order valence-electron chi connectivity index (χ0n) is 23.1. The second kappa shape index (κ2) is 8.26. The van der Waals surface area contributed by atoms with Gasteiger partial charge in [-0.2, -0.15) is 0 Å². The van der Waals surface area contributed by atoms with E-state index in [2.05, 4.69) is 6.92 Å². The van der Waals surface area contributed by atoms with E-state index < -0.39 is 66.9 Å². The maximum Gasteiger partial charge on any atom is 0.335 e. The van der Waals surface area contributed by atoms with Crippen LogP contribution in [0.15, 0.2) is 0 Å². The first-order valence-electron chi connectivity index (χ1n) is 14.2. The predicted octanol–water partition coefficient (Wildman–Crippen LogP) is 1.88. The molecule has 5 aliphatic rings. The Bertz CT molecular complexity index is 963. The molecule has 4 N–H and O–H groups in total. The van der Waals surface area contributed by atoms with Gasteiger partial charge in [-0.3, -0.25) is 4.79 Å². The standard InChI is InChI=1S/C25H38O8/c1-24-9-7-13(32-23-20(29)18(27)19(28)21(33-23)22(30)31)11-12(24)3-4-14-15-5-6-17(26)25(15,2)10-8-16(14)24/h12-16,18-21,23,27-29H,3-11H2,1-2H3,(H,30,31)/t12-,13+,14-,15-,16-,18-,19-,20+,21-,23+,24-,25-/m0/s1/i7D2,11D2. The second-order valence-corrected chi connectivity index (χ2v) is 11.2. The predicted molar refractivity (Wildman–Crippen MR) is 116 cm³/mol. The highest BCUT2D eigenvalue weighted by Gasteiger charge is 2.60. The fourth-order valence-corrected chi connectivity index (χ4v) is 7.70. The molecule has 0 radical (unpaired) electrons. The third kappa shape index (κ3) is 3.59. The van der Waals surface area contributed by atoms with Gasteiger partial charge in [0, 0.05) is 17.3 Å². The molecule has 0 unspecified atom stereocenters. The second-order valence-electron chi connectivity index (χ2n) is 11.2. The highest BCUT2D eigenvalue weighted by Crippen LogP contribution is 2.65. The Balaban J connectivity index is 1.43. The minimum Gasteiger partial charge on any atom is -0.479 e. The molecule has 1 saturated heterocycles. The molecule has 0 aromatic heterocycles. The average Bonchev–Trinajstić information content (AvgIpc) is 3.10. The van der Waals surface area contributed by atoms with Crippen molar-refractivity contribution in [2.24, 2.45) is 34.5 Å². The van der Waals surface area contributed by atoms with Crippen molar-refractivity contribution in [3.05, 3.63) is 0 Å². The Morgan fingerprint density at radius 3 is 2.55 bits per heavy atom. The molecule has 0 aromatic rings. The molecule has 0 bridgehead atoms. The summed E-state index contributed by atoms with van der Waals surface area (Å²) in [5.74, 6) is -1.33. The number of Topliss-reactive ketones (excluding diaryl/α,β-unsaturated/α-hetero) is 1. The Morgan fingerprint density at radius 1 is 1.06 bits per heavy atom. The molecule has 0 spiro atoms. The van der Waals surface area contributed by atoms with Gasteiger partial charge in [0.05, 0.1) is 6.10 Å². The van der Waals surface area contributed by atoms with Crippen LogP contribution in [-0.4, -0.2) is 69.0 Å². The molecule has 186 valence electrons. The van der Waals surface area contributed by atoms with Gasteiger partial charge in [0.2, 0.25) is 0 Å². The van der Waals surface area contributed by atoms with E-state index in [1.165, 1.54) is 0 Å². The lowest BCUT2D eigenvalue weighted by Crippen LogP contribution is -2.61. The van der Waals surface area contributed by atoms with Gasteiger partial charge in [-0.05, 0) is 80.4 Å². The average molecular weight is 471 g/mol. The zero-order chi connectivity index (χ0) is 27.3. The molecule has 8 nitrogen and oxygen atoms in total. The number of aliphatic hydroxyl groups is 3. The third-order valence-electron chi connectivity index (χ3n) is 9.68. The summed E-state index contributed by atoms with van der Waals surface area (Å²) in [7, 11) is 0. The number of rotatable bonds is 3. The first-order chi connectivity index (χ1) is 17.1. The summed E-state index contributed by atoms with van der Waals surface area (Å²) in [5.41, 5.74) is -1.03. The summed E-state index contributed by atoms with van der Waals surface area (Å²) in [5, 5.41) is 39.9. The van der Waals surface area contributed by atoms with Crippen molar-refractivity contribution in [1.29, 1.82) is 0 Å². The van der Waals surface area contributed by atoms with E-state index in [1.807, 2.05) is 6.92 Å². The summed E-state index contributed by atoms with van der Waals surface area (Å²) in [6.07, 6.45) is -11.5. The Kier molecular flexibility index (Phi) is 4.80. The van der Waals surface area contributed by atoms with E-state index in [1.54, 1.807) is 0 Å². The Labute approximate surface area is 200 Å². The van der Waals surface area contributed by atoms with Crippen molar-refractivity contribution < 1.29 is 45.0 Å². The van der Waals surface area contributed by atoms with Gasteiger partial charge < -0.3 is 29.9 Å². The van der Waals surface area contributed by atoms with E-state index in [9.17, 15) is 30.0 Å². The normalized spacial score (nSPS) is 59.1. The number of fused-ring (bicyclic) bond motifs is 5. The van der Waals surface area contributed by atoms with Crippen LogP contribution in [0.3, 0.4) is 0 Å². The molecule has 1 aliphatic heterocycles. The van der Waals surface area contributed by atoms with Crippen LogP contribution in [0.5, 0.6) is 0 Å². The molecule has 33 heavy (non-hydrogen) atoms. The fraction of sp³-hybridized carbons (Fsp3) is 0.920. The lowest BCUT2D eigenvalue weighted by molar-refractivity contribution is -0.309. The number of ketones is 1. The van der Waals surface area contributed by atoms with Crippen LogP contribution in [0.2, 0.25) is 0 Å². The van der Waals surface area contributed by atoms with Gasteiger partial charge >= 0.3 is 5.97 Å². The third-order valence-corrected chi connectivity index (χ3v) is 9.68. The smallest absolute Gasteiger partial charge is 0.335 e. The molecule has 12 atom stereocenters. The number of carbonyl (C=O) groups excluding carboxylic acids is 1. The quantitative estimate of drug-likeness (QED) is 0.460. The van der Waals surface area contributed by atoms with Gasteiger partial charge in [-0.1, -0.05) is 13.8 Å². The van der Waals surface area contributed by atoms with Crippen LogP contribution in [-0.2, 0) is 19.1 Å². The minimum absolute atomic E-state index is 0.00371. The molecular formula is C25H38O8. The number of carboxylic acid groups (broad SMARTS) is 1. The number of aliphatic carboxylic acids is 1. The number of aliphatic hydroxyl groups excluding tert-OH is 3. The van der Waals surface area contributed by atoms with Gasteiger partial charge in [0.1, 0.15) is 24.1 Å². The fourth-order valence-electron chi connectivity index (χ4n) is 7.70. The molecule has 4 aliphatic carbocycles. The van der Waals surface area contributed by atoms with Crippen LogP contribution < -0.4 is 0 Å². The largest absolute Gasteiger partial charge is 0.479 e. The lowest BCUT2D eigenvalue weighted by atomic mass is 9.45. The summed E-state index contributed by atoms with van der Waals surface area (Å²) < 4.78 is 46.9. The summed E-state index contributed by atoms with van der Waals surface area (Å²) >= 11 is 0. The number of carbonyl (C=O) groups is 2. The first kappa shape index (κ1) is 19.2. The number of hydrogen-bond donors (Lipinski definition) is 4. The molecular weight excluding hydrogens is 428 g/mol. The van der Waals surface area contributed by atoms with E-state index in [4.69, 9.17) is 15.0 Å². The Morgan fingerprint density at radius 2 is 1.82 bits per heavy atom. The van der Waals surface area contributed by atoms with Crippen molar-refractivity contribution in [2.45, 2.75) is 108 Å². The molecule has 4 saturated carbocycles. The van der Waals surface area contributed by atoms with Gasteiger partial charge in [0.15, 0.2) is 12.4 Å². The van der Waals surface area contributed by atoms with E-state index >= 15 is 0 Å². The molecule has 5 fully saturated rings. The van der Waals surface area contributed by atoms with Gasteiger partial charge in [-0.25, -0.2) is 4.79 Å². The summed E-state index contributed by atoms with van der Waals surface area (Å²) in [6.45, 7) is 4.03. The summed E-state index contributed by atoms with van der Waals surface area (Å²) in [6, 6.07) is 0. The Hall–Kier alpha value is -1.06. The van der Waals surface area contributed by atoms with E-state index in [-0.39, 0.29) is 29.6 Å². The highest BCUT2D eigenvalue weighted by molar-refractivity contribution is 5.87. The van der Waals surface area contributed by atoms with Crippen LogP contribution in [0, 0.1) is 34.5 Å². The van der Waals surface area contributed by atoms with E-state index in [0.717, 1.165) is 25.7 Å². The van der Waals surface area contributed by atoms with Crippen LogP contribution in [0.25, 0.3) is 0 Å². The van der Waals surface area contributed by atoms with Crippen molar-refractivity contribution >= 4 is 11.8 Å². The van der Waals surface area contributed by atoms with E-state index in [0.29, 0.717) is 18.6 Å². The topological polar surface area (TPSA) is 134 Å². The van der Waals surface area contributed by atoms with Gasteiger partial charge in [0.25, 0.3) is 0 Å². The number of hydrogen-bond acceptors (Lipinski definition) is 7. The zero-order valence-corrected chi connectivity index (χ0v) is 19.1. The molecule has 5 rings (SSSR count). The van der Waals surface area contributed by atoms with Crippen molar-refractivity contribution in [3.8, 4) is 0 Å². The number of ether oxygens (including phenoxy) is 2. The van der Waals surface area contributed by atoms with Crippen LogP contribution in [0.1, 0.15) is 77.0 Å². The van der Waals surface area contributed by atoms with Crippen molar-refractivity contribution in [3.63, 3.8) is 0 Å². The van der Waals surface area contributed by atoms with Crippen molar-refractivity contribution in [2.75, 3.05) is 0 Å². The van der Waals surface area contributed by atoms with Crippen molar-refractivity contribution in [1.82, 2.24) is 0 Å². The minimum atomic E-state index is -2.20. The molecule has 0 aromatic carbocycles.